The van der Waals surface area contributed by atoms with Gasteiger partial charge in [-0.05, 0) is 28.8 Å². The summed E-state index contributed by atoms with van der Waals surface area (Å²) in [6.45, 7) is 1.54. The van der Waals surface area contributed by atoms with E-state index in [-0.39, 0.29) is 0 Å². The Morgan fingerprint density at radius 2 is 1.80 bits per heavy atom. The van der Waals surface area contributed by atoms with Crippen LogP contribution in [0.4, 0.5) is 5.82 Å². The zero-order chi connectivity index (χ0) is 13.9. The van der Waals surface area contributed by atoms with Crippen LogP contribution < -0.4 is 5.73 Å². The molecule has 0 saturated carbocycles. The van der Waals surface area contributed by atoms with Gasteiger partial charge in [0.15, 0.2) is 0 Å². The molecule has 0 radical (unpaired) electrons. The molecule has 1 fully saturated rings. The molecule has 1 aromatic heterocycles. The number of hydrogen-bond donors (Lipinski definition) is 1. The lowest BCUT2D eigenvalue weighted by Crippen LogP contribution is -2.17. The van der Waals surface area contributed by atoms with Gasteiger partial charge in [0, 0.05) is 24.7 Å². The fraction of sp³-hybridized carbons (Fsp3) is 0.333. The van der Waals surface area contributed by atoms with Crippen molar-refractivity contribution in [3.05, 3.63) is 40.6 Å². The fourth-order valence-corrected chi connectivity index (χ4v) is 2.81. The van der Waals surface area contributed by atoms with Gasteiger partial charge in [0.05, 0.1) is 10.2 Å². The maximum atomic E-state index is 6.04. The lowest BCUT2D eigenvalue weighted by Gasteiger charge is -2.21. The maximum Gasteiger partial charge on any atom is 0.142 e. The van der Waals surface area contributed by atoms with Crippen LogP contribution in [0.5, 0.6) is 0 Å². The molecule has 0 amide bonds. The van der Waals surface area contributed by atoms with Crippen LogP contribution in [-0.2, 0) is 4.74 Å². The number of aromatic nitrogens is 2. The average molecular weight is 334 g/mol. The molecule has 0 spiro atoms. The number of anilines is 1. The molecule has 20 heavy (non-hydrogen) atoms. The molecule has 2 N–H and O–H groups in total. The van der Waals surface area contributed by atoms with E-state index in [1.165, 1.54) is 0 Å². The van der Waals surface area contributed by atoms with E-state index >= 15 is 0 Å². The molecule has 4 nitrogen and oxygen atoms in total. The third-order valence-electron chi connectivity index (χ3n) is 3.53. The topological polar surface area (TPSA) is 61.0 Å². The molecule has 2 heterocycles. The minimum Gasteiger partial charge on any atom is -0.383 e. The third-order valence-corrected chi connectivity index (χ3v) is 4.31. The van der Waals surface area contributed by atoms with Gasteiger partial charge in [-0.1, -0.05) is 30.3 Å². The first-order valence-electron chi connectivity index (χ1n) is 6.72. The summed E-state index contributed by atoms with van der Waals surface area (Å²) in [6, 6.07) is 10.0. The highest BCUT2D eigenvalue weighted by molar-refractivity contribution is 9.10. The van der Waals surface area contributed by atoms with E-state index in [9.17, 15) is 0 Å². The zero-order valence-corrected chi connectivity index (χ0v) is 12.6. The highest BCUT2D eigenvalue weighted by atomic mass is 79.9. The zero-order valence-electron chi connectivity index (χ0n) is 11.1. The minimum atomic E-state index is 0.335. The summed E-state index contributed by atoms with van der Waals surface area (Å²) in [5.41, 5.74) is 7.94. The van der Waals surface area contributed by atoms with E-state index < -0.39 is 0 Å². The van der Waals surface area contributed by atoms with Gasteiger partial charge in [0.25, 0.3) is 0 Å². The van der Waals surface area contributed by atoms with Crippen molar-refractivity contribution in [2.75, 3.05) is 18.9 Å². The molecule has 1 aliphatic heterocycles. The summed E-state index contributed by atoms with van der Waals surface area (Å²) in [7, 11) is 0. The predicted octanol–water partition coefficient (Wildman–Crippen LogP) is 3.38. The van der Waals surface area contributed by atoms with Crippen LogP contribution in [-0.4, -0.2) is 23.2 Å². The molecule has 3 rings (SSSR count). The number of nitrogen functional groups attached to an aromatic ring is 1. The first kappa shape index (κ1) is 13.5. The van der Waals surface area contributed by atoms with Crippen LogP contribution >= 0.6 is 15.9 Å². The van der Waals surface area contributed by atoms with Crippen LogP contribution in [0.1, 0.15) is 24.6 Å². The molecule has 1 aromatic carbocycles. The van der Waals surface area contributed by atoms with Crippen LogP contribution in [0, 0.1) is 0 Å². The van der Waals surface area contributed by atoms with Gasteiger partial charge in [-0.25, -0.2) is 9.97 Å². The second-order valence-electron chi connectivity index (χ2n) is 4.88. The largest absolute Gasteiger partial charge is 0.383 e. The van der Waals surface area contributed by atoms with Crippen molar-refractivity contribution in [3.63, 3.8) is 0 Å². The van der Waals surface area contributed by atoms with Crippen molar-refractivity contribution >= 4 is 21.7 Å². The number of nitrogens with two attached hydrogens (primary N) is 1. The molecule has 0 atom stereocenters. The normalized spacial score (nSPS) is 16.2. The van der Waals surface area contributed by atoms with Gasteiger partial charge in [-0.2, -0.15) is 0 Å². The van der Waals surface area contributed by atoms with E-state index in [2.05, 4.69) is 20.9 Å². The monoisotopic (exact) mass is 333 g/mol. The van der Waals surface area contributed by atoms with E-state index in [1.807, 2.05) is 30.3 Å². The van der Waals surface area contributed by atoms with Gasteiger partial charge >= 0.3 is 0 Å². The van der Waals surface area contributed by atoms with Crippen molar-refractivity contribution in [1.29, 1.82) is 0 Å². The molecule has 1 saturated heterocycles. The predicted molar refractivity (Wildman–Crippen MR) is 82.4 cm³/mol. The molecular formula is C15H16BrN3O. The summed E-state index contributed by atoms with van der Waals surface area (Å²) in [6.07, 6.45) is 1.91. The molecule has 104 valence electrons. The van der Waals surface area contributed by atoms with E-state index in [4.69, 9.17) is 15.5 Å². The molecule has 1 aliphatic rings. The van der Waals surface area contributed by atoms with E-state index in [1.54, 1.807) is 0 Å². The quantitative estimate of drug-likeness (QED) is 0.915. The molecule has 2 aromatic rings. The molecule has 5 heteroatoms. The van der Waals surface area contributed by atoms with Crippen molar-refractivity contribution in [2.24, 2.45) is 0 Å². The Labute approximate surface area is 126 Å². The van der Waals surface area contributed by atoms with Crippen LogP contribution in [0.2, 0.25) is 0 Å². The van der Waals surface area contributed by atoms with E-state index in [0.29, 0.717) is 11.7 Å². The number of nitrogens with zero attached hydrogens (tertiary/aromatic N) is 2. The number of halogens is 1. The number of benzene rings is 1. The summed E-state index contributed by atoms with van der Waals surface area (Å²) < 4.78 is 6.16. The number of hydrogen-bond acceptors (Lipinski definition) is 4. The standard InChI is InChI=1S/C15H16BrN3O/c16-12-13(10-4-2-1-3-5-10)18-15(19-14(12)17)11-6-8-20-9-7-11/h1-5,11H,6-9H2,(H2,17,18,19). The van der Waals surface area contributed by atoms with Gasteiger partial charge < -0.3 is 10.5 Å². The highest BCUT2D eigenvalue weighted by Crippen LogP contribution is 2.33. The fourth-order valence-electron chi connectivity index (χ4n) is 2.41. The van der Waals surface area contributed by atoms with Gasteiger partial charge in [-0.15, -0.1) is 0 Å². The van der Waals surface area contributed by atoms with Crippen molar-refractivity contribution in [2.45, 2.75) is 18.8 Å². The Balaban J connectivity index is 2.03. The molecule has 0 aliphatic carbocycles. The number of ether oxygens (including phenoxy) is 1. The summed E-state index contributed by atoms with van der Waals surface area (Å²) in [5, 5.41) is 0. The highest BCUT2D eigenvalue weighted by Gasteiger charge is 2.21. The molecular weight excluding hydrogens is 318 g/mol. The molecule has 0 bridgehead atoms. The van der Waals surface area contributed by atoms with Gasteiger partial charge in [0.1, 0.15) is 11.6 Å². The van der Waals surface area contributed by atoms with Crippen molar-refractivity contribution in [3.8, 4) is 11.3 Å². The van der Waals surface area contributed by atoms with E-state index in [0.717, 1.165) is 47.6 Å². The first-order valence-corrected chi connectivity index (χ1v) is 7.51. The number of rotatable bonds is 2. The minimum absolute atomic E-state index is 0.335. The van der Waals surface area contributed by atoms with Gasteiger partial charge in [-0.3, -0.25) is 0 Å². The molecule has 0 unspecified atom stereocenters. The Kier molecular flexibility index (Phi) is 3.98. The lowest BCUT2D eigenvalue weighted by molar-refractivity contribution is 0.0836. The smallest absolute Gasteiger partial charge is 0.142 e. The third kappa shape index (κ3) is 2.69. The SMILES string of the molecule is Nc1nc(C2CCOCC2)nc(-c2ccccc2)c1Br. The second kappa shape index (κ2) is 5.89. The summed E-state index contributed by atoms with van der Waals surface area (Å²) >= 11 is 3.50. The summed E-state index contributed by atoms with van der Waals surface area (Å²) in [5.74, 6) is 1.66. The average Bonchev–Trinajstić information content (AvgIpc) is 2.51. The summed E-state index contributed by atoms with van der Waals surface area (Å²) in [4.78, 5) is 9.18. The Hall–Kier alpha value is -1.46. The Morgan fingerprint density at radius 3 is 2.50 bits per heavy atom. The van der Waals surface area contributed by atoms with Crippen LogP contribution in [0.3, 0.4) is 0 Å². The van der Waals surface area contributed by atoms with Crippen molar-refractivity contribution < 1.29 is 4.74 Å². The Morgan fingerprint density at radius 1 is 1.10 bits per heavy atom. The first-order chi connectivity index (χ1) is 9.75. The second-order valence-corrected chi connectivity index (χ2v) is 5.68. The van der Waals surface area contributed by atoms with Crippen molar-refractivity contribution in [1.82, 2.24) is 9.97 Å². The van der Waals surface area contributed by atoms with Gasteiger partial charge in [0.2, 0.25) is 0 Å². The Bertz CT molecular complexity index is 598. The lowest BCUT2D eigenvalue weighted by atomic mass is 9.99. The van der Waals surface area contributed by atoms with Crippen LogP contribution in [0.25, 0.3) is 11.3 Å². The van der Waals surface area contributed by atoms with Crippen LogP contribution in [0.15, 0.2) is 34.8 Å². The maximum absolute atomic E-state index is 6.04.